The predicted molar refractivity (Wildman–Crippen MR) is 103 cm³/mol. The van der Waals surface area contributed by atoms with E-state index in [1.165, 1.54) is 0 Å². The average Bonchev–Trinajstić information content (AvgIpc) is 3.40. The minimum absolute atomic E-state index is 0.0100. The van der Waals surface area contributed by atoms with Gasteiger partial charge in [-0.05, 0) is 29.7 Å². The molecule has 29 heavy (non-hydrogen) atoms. The van der Waals surface area contributed by atoms with Crippen LogP contribution in [0.2, 0.25) is 0 Å². The Bertz CT molecular complexity index is 1200. The summed E-state index contributed by atoms with van der Waals surface area (Å²) in [6.45, 7) is 0.227. The van der Waals surface area contributed by atoms with Gasteiger partial charge in [0.2, 0.25) is 6.79 Å². The van der Waals surface area contributed by atoms with Gasteiger partial charge in [0.1, 0.15) is 5.75 Å². The number of aromatic nitrogens is 2. The number of rotatable bonds is 5. The summed E-state index contributed by atoms with van der Waals surface area (Å²) in [5.41, 5.74) is 0.390. The highest BCUT2D eigenvalue weighted by molar-refractivity contribution is 6.03. The standard InChI is InChI=1S/C21H15N3O5/c25-20(14-8-9-17-18(10-14)28-12-27-17)22-21-24-23-19(29-21)11-26-16-7-3-5-13-4-1-2-6-15(13)16/h1-10H,11-12H2,(H,22,24,25). The van der Waals surface area contributed by atoms with Crippen LogP contribution >= 0.6 is 0 Å². The smallest absolute Gasteiger partial charge is 0.322 e. The van der Waals surface area contributed by atoms with Gasteiger partial charge in [0.05, 0.1) is 0 Å². The molecule has 0 radical (unpaired) electrons. The quantitative estimate of drug-likeness (QED) is 0.555. The van der Waals surface area contributed by atoms with Gasteiger partial charge in [-0.3, -0.25) is 10.1 Å². The first kappa shape index (κ1) is 17.1. The summed E-state index contributed by atoms with van der Waals surface area (Å²) >= 11 is 0. The highest BCUT2D eigenvalue weighted by Gasteiger charge is 2.18. The number of nitrogens with zero attached hydrogens (tertiary/aromatic N) is 2. The molecule has 1 aliphatic rings. The van der Waals surface area contributed by atoms with Gasteiger partial charge < -0.3 is 18.6 Å². The van der Waals surface area contributed by atoms with Gasteiger partial charge in [0.25, 0.3) is 11.8 Å². The maximum absolute atomic E-state index is 12.4. The molecule has 0 atom stereocenters. The van der Waals surface area contributed by atoms with Crippen molar-refractivity contribution in [3.8, 4) is 17.2 Å². The Kier molecular flexibility index (Phi) is 4.21. The van der Waals surface area contributed by atoms with Crippen LogP contribution in [-0.2, 0) is 6.61 Å². The van der Waals surface area contributed by atoms with Crippen LogP contribution < -0.4 is 19.5 Å². The highest BCUT2D eigenvalue weighted by atomic mass is 16.7. The van der Waals surface area contributed by atoms with Crippen molar-refractivity contribution in [3.05, 3.63) is 72.1 Å². The number of hydrogen-bond acceptors (Lipinski definition) is 7. The van der Waals surface area contributed by atoms with Gasteiger partial charge in [0.15, 0.2) is 18.1 Å². The molecular formula is C21H15N3O5. The van der Waals surface area contributed by atoms with Crippen LogP contribution in [0.4, 0.5) is 6.01 Å². The van der Waals surface area contributed by atoms with E-state index in [1.807, 2.05) is 42.5 Å². The Labute approximate surface area is 165 Å². The monoisotopic (exact) mass is 389 g/mol. The lowest BCUT2D eigenvalue weighted by Gasteiger charge is -2.07. The molecule has 0 bridgehead atoms. The summed E-state index contributed by atoms with van der Waals surface area (Å²) in [6.07, 6.45) is 0. The van der Waals surface area contributed by atoms with Crippen molar-refractivity contribution >= 4 is 22.7 Å². The van der Waals surface area contributed by atoms with E-state index in [4.69, 9.17) is 18.6 Å². The van der Waals surface area contributed by atoms with E-state index in [2.05, 4.69) is 15.5 Å². The molecule has 0 fully saturated rings. The maximum atomic E-state index is 12.4. The van der Waals surface area contributed by atoms with E-state index >= 15 is 0 Å². The summed E-state index contributed by atoms with van der Waals surface area (Å²) < 4.78 is 21.8. The lowest BCUT2D eigenvalue weighted by atomic mass is 10.1. The predicted octanol–water partition coefficient (Wildman–Crippen LogP) is 3.78. The number of hydrogen-bond donors (Lipinski definition) is 1. The van der Waals surface area contributed by atoms with Crippen LogP contribution in [0.1, 0.15) is 16.2 Å². The van der Waals surface area contributed by atoms with Gasteiger partial charge >= 0.3 is 6.01 Å². The first-order valence-electron chi connectivity index (χ1n) is 8.90. The fraction of sp³-hybridized carbons (Fsp3) is 0.0952. The van der Waals surface area contributed by atoms with Crippen molar-refractivity contribution < 1.29 is 23.4 Å². The minimum atomic E-state index is -0.395. The van der Waals surface area contributed by atoms with E-state index in [9.17, 15) is 4.79 Å². The first-order chi connectivity index (χ1) is 14.3. The Morgan fingerprint density at radius 3 is 2.83 bits per heavy atom. The third kappa shape index (κ3) is 3.43. The molecule has 1 aromatic heterocycles. The van der Waals surface area contributed by atoms with Crippen LogP contribution in [0.3, 0.4) is 0 Å². The van der Waals surface area contributed by atoms with Gasteiger partial charge in [-0.25, -0.2) is 0 Å². The normalized spacial score (nSPS) is 12.1. The molecule has 0 saturated heterocycles. The van der Waals surface area contributed by atoms with Crippen molar-refractivity contribution in [1.29, 1.82) is 0 Å². The number of benzene rings is 3. The molecule has 2 heterocycles. The number of carbonyl (C=O) groups is 1. The zero-order valence-electron chi connectivity index (χ0n) is 15.1. The van der Waals surface area contributed by atoms with E-state index in [1.54, 1.807) is 18.2 Å². The highest BCUT2D eigenvalue weighted by Crippen LogP contribution is 2.32. The number of amides is 1. The number of nitrogens with one attached hydrogen (secondary N) is 1. The lowest BCUT2D eigenvalue weighted by molar-refractivity contribution is 0.102. The van der Waals surface area contributed by atoms with Crippen LogP contribution in [0, 0.1) is 0 Å². The van der Waals surface area contributed by atoms with E-state index in [0.29, 0.717) is 22.8 Å². The number of fused-ring (bicyclic) bond motifs is 2. The summed E-state index contributed by atoms with van der Waals surface area (Å²) in [6, 6.07) is 18.6. The molecule has 1 amide bonds. The Morgan fingerprint density at radius 1 is 1.00 bits per heavy atom. The minimum Gasteiger partial charge on any atom is -0.483 e. The molecule has 5 rings (SSSR count). The fourth-order valence-electron chi connectivity index (χ4n) is 3.03. The van der Waals surface area contributed by atoms with Crippen molar-refractivity contribution in [2.45, 2.75) is 6.61 Å². The van der Waals surface area contributed by atoms with Crippen LogP contribution in [0.5, 0.6) is 17.2 Å². The molecule has 8 heteroatoms. The van der Waals surface area contributed by atoms with Crippen LogP contribution in [0.15, 0.2) is 65.1 Å². The molecule has 4 aromatic rings. The maximum Gasteiger partial charge on any atom is 0.322 e. The van der Waals surface area contributed by atoms with Crippen molar-refractivity contribution in [3.63, 3.8) is 0 Å². The first-order valence-corrected chi connectivity index (χ1v) is 8.90. The summed E-state index contributed by atoms with van der Waals surface area (Å²) in [5.74, 6) is 1.69. The molecule has 8 nitrogen and oxygen atoms in total. The Balaban J connectivity index is 1.25. The van der Waals surface area contributed by atoms with Gasteiger partial charge in [-0.2, -0.15) is 0 Å². The molecule has 0 unspecified atom stereocenters. The SMILES string of the molecule is O=C(Nc1nnc(COc2cccc3ccccc23)o1)c1ccc2c(c1)OCO2. The zero-order valence-corrected chi connectivity index (χ0v) is 15.1. The second-order valence-electron chi connectivity index (χ2n) is 6.29. The fourth-order valence-corrected chi connectivity index (χ4v) is 3.03. The van der Waals surface area contributed by atoms with Crippen molar-refractivity contribution in [1.82, 2.24) is 10.2 Å². The summed E-state index contributed by atoms with van der Waals surface area (Å²) in [4.78, 5) is 12.4. The third-order valence-corrected chi connectivity index (χ3v) is 4.42. The molecule has 0 aliphatic carbocycles. The van der Waals surface area contributed by atoms with Gasteiger partial charge in [-0.15, -0.1) is 5.10 Å². The van der Waals surface area contributed by atoms with E-state index in [0.717, 1.165) is 10.8 Å². The van der Waals surface area contributed by atoms with Crippen molar-refractivity contribution in [2.24, 2.45) is 0 Å². The summed E-state index contributed by atoms with van der Waals surface area (Å²) in [7, 11) is 0. The number of carbonyl (C=O) groups excluding carboxylic acids is 1. The van der Waals surface area contributed by atoms with E-state index in [-0.39, 0.29) is 25.3 Å². The molecule has 0 saturated carbocycles. The molecule has 1 N–H and O–H groups in total. The third-order valence-electron chi connectivity index (χ3n) is 4.42. The van der Waals surface area contributed by atoms with Crippen LogP contribution in [0.25, 0.3) is 10.8 Å². The number of ether oxygens (including phenoxy) is 3. The van der Waals surface area contributed by atoms with E-state index < -0.39 is 5.91 Å². The van der Waals surface area contributed by atoms with Crippen molar-refractivity contribution in [2.75, 3.05) is 12.1 Å². The average molecular weight is 389 g/mol. The second-order valence-corrected chi connectivity index (χ2v) is 6.29. The zero-order chi connectivity index (χ0) is 19.6. The largest absolute Gasteiger partial charge is 0.483 e. The Hall–Kier alpha value is -4.07. The molecular weight excluding hydrogens is 374 g/mol. The second kappa shape index (κ2) is 7.16. The molecule has 1 aliphatic heterocycles. The van der Waals surface area contributed by atoms with Crippen LogP contribution in [-0.4, -0.2) is 22.9 Å². The Morgan fingerprint density at radius 2 is 1.86 bits per heavy atom. The topological polar surface area (TPSA) is 95.7 Å². The molecule has 144 valence electrons. The van der Waals surface area contributed by atoms with Gasteiger partial charge in [-0.1, -0.05) is 41.5 Å². The molecule has 3 aromatic carbocycles. The lowest BCUT2D eigenvalue weighted by Crippen LogP contribution is -2.12. The number of anilines is 1. The summed E-state index contributed by atoms with van der Waals surface area (Å²) in [5, 5.41) is 12.4. The van der Waals surface area contributed by atoms with Gasteiger partial charge in [0, 0.05) is 10.9 Å². The molecule has 0 spiro atoms.